The lowest BCUT2D eigenvalue weighted by molar-refractivity contribution is 0.101. The summed E-state index contributed by atoms with van der Waals surface area (Å²) >= 11 is 0. The molecule has 21 heavy (non-hydrogen) atoms. The molecular weight excluding hydrogens is 265 g/mol. The lowest BCUT2D eigenvalue weighted by Crippen LogP contribution is -2.13. The van der Waals surface area contributed by atoms with E-state index in [-0.39, 0.29) is 12.4 Å². The molecule has 1 N–H and O–H groups in total. The number of ketones is 1. The second-order valence-corrected chi connectivity index (χ2v) is 4.54. The molecule has 0 aromatic heterocycles. The van der Waals surface area contributed by atoms with Gasteiger partial charge < -0.3 is 4.74 Å². The van der Waals surface area contributed by atoms with Gasteiger partial charge >= 0.3 is 6.09 Å². The third kappa shape index (κ3) is 4.49. The topological polar surface area (TPSA) is 55.4 Å². The average molecular weight is 281 g/mol. The van der Waals surface area contributed by atoms with Gasteiger partial charge in [0, 0.05) is 11.3 Å². The number of carbonyl (C=O) groups is 2. The van der Waals surface area contributed by atoms with E-state index in [1.807, 2.05) is 30.3 Å². The third-order valence-electron chi connectivity index (χ3n) is 2.96. The Bertz CT molecular complexity index is 628. The second kappa shape index (κ2) is 7.29. The van der Waals surface area contributed by atoms with E-state index in [2.05, 4.69) is 5.32 Å². The molecule has 0 bridgehead atoms. The molecule has 0 unspecified atom stereocenters. The average Bonchev–Trinajstić information content (AvgIpc) is 2.53. The second-order valence-electron chi connectivity index (χ2n) is 4.54. The molecule has 0 saturated carbocycles. The largest absolute Gasteiger partial charge is 0.444 e. The number of ether oxygens (including phenoxy) is 1. The van der Waals surface area contributed by atoms with Crippen molar-refractivity contribution in [1.82, 2.24) is 0 Å². The highest BCUT2D eigenvalue weighted by molar-refractivity contribution is 6.24. The molecule has 1 amide bonds. The zero-order valence-corrected chi connectivity index (χ0v) is 11.8. The molecule has 106 valence electrons. The predicted molar refractivity (Wildman–Crippen MR) is 84.4 cm³/mol. The van der Waals surface area contributed by atoms with Crippen LogP contribution in [-0.4, -0.2) is 19.7 Å². The van der Waals surface area contributed by atoms with E-state index < -0.39 is 6.09 Å². The van der Waals surface area contributed by atoms with Gasteiger partial charge in [0.15, 0.2) is 5.78 Å². The molecule has 2 aromatic rings. The monoisotopic (exact) mass is 281 g/mol. The number of rotatable bonds is 5. The number of nitrogens with one attached hydrogen (secondary N) is 1. The molecule has 5 heteroatoms. The van der Waals surface area contributed by atoms with Gasteiger partial charge in [-0.2, -0.15) is 0 Å². The van der Waals surface area contributed by atoms with Gasteiger partial charge in [-0.05, 0) is 24.0 Å². The maximum atomic E-state index is 11.7. The molecule has 0 radical (unpaired) electrons. The zero-order valence-electron chi connectivity index (χ0n) is 11.8. The quantitative estimate of drug-likeness (QED) is 0.677. The Morgan fingerprint density at radius 3 is 2.52 bits per heavy atom. The van der Waals surface area contributed by atoms with E-state index in [0.29, 0.717) is 17.6 Å². The van der Waals surface area contributed by atoms with Gasteiger partial charge in [0.05, 0.1) is 0 Å². The van der Waals surface area contributed by atoms with Crippen LogP contribution in [0.5, 0.6) is 0 Å². The first-order valence-corrected chi connectivity index (χ1v) is 6.80. The molecule has 4 nitrogen and oxygen atoms in total. The highest BCUT2D eigenvalue weighted by atomic mass is 16.5. The normalized spacial score (nSPS) is 9.90. The first-order chi connectivity index (χ1) is 10.2. The van der Waals surface area contributed by atoms with Crippen LogP contribution in [0.2, 0.25) is 6.32 Å². The van der Waals surface area contributed by atoms with E-state index in [0.717, 1.165) is 5.56 Å². The van der Waals surface area contributed by atoms with E-state index >= 15 is 0 Å². The Morgan fingerprint density at radius 1 is 1.05 bits per heavy atom. The van der Waals surface area contributed by atoms with Crippen LogP contribution < -0.4 is 5.32 Å². The first kappa shape index (κ1) is 14.8. The van der Waals surface area contributed by atoms with E-state index in [9.17, 15) is 9.59 Å². The summed E-state index contributed by atoms with van der Waals surface area (Å²) in [7, 11) is 1.80. The Kier molecular flexibility index (Phi) is 5.15. The summed E-state index contributed by atoms with van der Waals surface area (Å²) in [5, 5.41) is 2.62. The highest BCUT2D eigenvalue weighted by Crippen LogP contribution is 2.13. The molecule has 0 atom stereocenters. The Labute approximate surface area is 124 Å². The maximum absolute atomic E-state index is 11.7. The van der Waals surface area contributed by atoms with Gasteiger partial charge in [-0.3, -0.25) is 10.1 Å². The number of carbonyl (C=O) groups excluding carboxylic acids is 2. The predicted octanol–water partition coefficient (Wildman–Crippen LogP) is 2.67. The lowest BCUT2D eigenvalue weighted by Gasteiger charge is -2.08. The summed E-state index contributed by atoms with van der Waals surface area (Å²) in [6, 6.07) is 16.3. The van der Waals surface area contributed by atoms with Crippen LogP contribution in [0.15, 0.2) is 54.6 Å². The van der Waals surface area contributed by atoms with E-state index in [1.54, 1.807) is 32.1 Å². The standard InChI is InChI=1S/C16H16BNO3/c17-10-15(19)13-7-4-8-14(9-13)18-16(20)21-11-12-5-2-1-3-6-12/h1-9H,10-11,17H2,(H,18,20). The fraction of sp³-hybridized carbons (Fsp3) is 0.125. The number of benzene rings is 2. The summed E-state index contributed by atoms with van der Waals surface area (Å²) < 4.78 is 5.12. The molecule has 0 aliphatic heterocycles. The number of Topliss-reactive ketones (excluding diaryl/α,β-unsaturated/α-hetero) is 1. The fourth-order valence-electron chi connectivity index (χ4n) is 1.85. The molecule has 0 aliphatic rings. The van der Waals surface area contributed by atoms with Crippen LogP contribution in [0.4, 0.5) is 10.5 Å². The minimum Gasteiger partial charge on any atom is -0.444 e. The summed E-state index contributed by atoms with van der Waals surface area (Å²) in [6.07, 6.45) is -0.109. The minimum atomic E-state index is -0.542. The Hall–Kier alpha value is -2.56. The molecular formula is C16H16BNO3. The Balaban J connectivity index is 1.92. The number of hydrogen-bond donors (Lipinski definition) is 1. The number of anilines is 1. The van der Waals surface area contributed by atoms with E-state index in [4.69, 9.17) is 4.74 Å². The van der Waals surface area contributed by atoms with Crippen LogP contribution in [0.3, 0.4) is 0 Å². The SMILES string of the molecule is BCC(=O)c1cccc(NC(=O)OCc2ccccc2)c1. The van der Waals surface area contributed by atoms with Gasteiger partial charge in [0.1, 0.15) is 14.5 Å². The van der Waals surface area contributed by atoms with Crippen molar-refractivity contribution < 1.29 is 14.3 Å². The number of hydrogen-bond acceptors (Lipinski definition) is 3. The summed E-state index contributed by atoms with van der Waals surface area (Å²) in [4.78, 5) is 23.3. The molecule has 0 fully saturated rings. The van der Waals surface area contributed by atoms with Crippen molar-refractivity contribution in [2.75, 3.05) is 5.32 Å². The van der Waals surface area contributed by atoms with Gasteiger partial charge in [-0.15, -0.1) is 0 Å². The van der Waals surface area contributed by atoms with E-state index in [1.165, 1.54) is 0 Å². The molecule has 0 spiro atoms. The maximum Gasteiger partial charge on any atom is 0.411 e. The minimum absolute atomic E-state index is 0.0382. The van der Waals surface area contributed by atoms with Crippen molar-refractivity contribution in [2.24, 2.45) is 0 Å². The number of amides is 1. The van der Waals surface area contributed by atoms with Crippen LogP contribution in [0.25, 0.3) is 0 Å². The molecule has 0 aliphatic carbocycles. The molecule has 0 heterocycles. The van der Waals surface area contributed by atoms with Crippen LogP contribution in [0, 0.1) is 0 Å². The van der Waals surface area contributed by atoms with Crippen molar-refractivity contribution >= 4 is 25.4 Å². The molecule has 2 rings (SSSR count). The third-order valence-corrected chi connectivity index (χ3v) is 2.96. The van der Waals surface area contributed by atoms with Gasteiger partial charge in [-0.1, -0.05) is 42.5 Å². The van der Waals surface area contributed by atoms with Gasteiger partial charge in [-0.25, -0.2) is 4.79 Å². The summed E-state index contributed by atoms with van der Waals surface area (Å²) in [6.45, 7) is 0.209. The first-order valence-electron chi connectivity index (χ1n) is 6.80. The lowest BCUT2D eigenvalue weighted by atomic mass is 9.96. The van der Waals surface area contributed by atoms with Crippen molar-refractivity contribution in [3.8, 4) is 0 Å². The summed E-state index contributed by atoms with van der Waals surface area (Å²) in [5.41, 5.74) is 2.05. The van der Waals surface area contributed by atoms with Crippen molar-refractivity contribution in [2.45, 2.75) is 12.9 Å². The van der Waals surface area contributed by atoms with Crippen LogP contribution >= 0.6 is 0 Å². The molecule has 0 saturated heterocycles. The van der Waals surface area contributed by atoms with Crippen molar-refractivity contribution in [1.29, 1.82) is 0 Å². The zero-order chi connectivity index (χ0) is 15.1. The fourth-order valence-corrected chi connectivity index (χ4v) is 1.85. The van der Waals surface area contributed by atoms with Gasteiger partial charge in [0.25, 0.3) is 0 Å². The summed E-state index contributed by atoms with van der Waals surface area (Å²) in [5.74, 6) is 0.0382. The van der Waals surface area contributed by atoms with Crippen LogP contribution in [-0.2, 0) is 11.3 Å². The highest BCUT2D eigenvalue weighted by Gasteiger charge is 2.07. The Morgan fingerprint density at radius 2 is 1.81 bits per heavy atom. The molecule has 2 aromatic carbocycles. The smallest absolute Gasteiger partial charge is 0.411 e. The van der Waals surface area contributed by atoms with Crippen molar-refractivity contribution in [3.05, 3.63) is 65.7 Å². The van der Waals surface area contributed by atoms with Gasteiger partial charge in [0.2, 0.25) is 0 Å². The van der Waals surface area contributed by atoms with Crippen LogP contribution in [0.1, 0.15) is 15.9 Å². The van der Waals surface area contributed by atoms with Crippen molar-refractivity contribution in [3.63, 3.8) is 0 Å².